The number of benzene rings is 2. The summed E-state index contributed by atoms with van der Waals surface area (Å²) in [6.07, 6.45) is 1.48. The molecular formula is C15H10F3N3. The molecule has 3 rings (SSSR count). The number of rotatable bonds is 2. The normalized spacial score (nSPS) is 10.8. The second kappa shape index (κ2) is 4.97. The number of pyridine rings is 1. The first kappa shape index (κ1) is 13.2. The number of hydrogen-bond donors (Lipinski definition) is 2. The van der Waals surface area contributed by atoms with Crippen molar-refractivity contribution in [2.24, 2.45) is 0 Å². The zero-order valence-electron chi connectivity index (χ0n) is 10.7. The van der Waals surface area contributed by atoms with Crippen LogP contribution in [-0.2, 0) is 0 Å². The molecule has 0 aliphatic carbocycles. The molecule has 0 fully saturated rings. The van der Waals surface area contributed by atoms with E-state index in [1.807, 2.05) is 0 Å². The van der Waals surface area contributed by atoms with Crippen molar-refractivity contribution in [3.05, 3.63) is 60.0 Å². The minimum Gasteiger partial charge on any atom is -0.398 e. The number of halogens is 3. The Balaban J connectivity index is 2.16. The molecule has 0 saturated carbocycles. The van der Waals surface area contributed by atoms with Gasteiger partial charge in [-0.1, -0.05) is 0 Å². The van der Waals surface area contributed by atoms with Gasteiger partial charge in [-0.05, 0) is 30.3 Å². The summed E-state index contributed by atoms with van der Waals surface area (Å²) in [4.78, 5) is 4.07. The monoisotopic (exact) mass is 289 g/mol. The number of nitrogens with zero attached hydrogens (tertiary/aromatic N) is 1. The number of nitrogen functional groups attached to an aromatic ring is 1. The fraction of sp³-hybridized carbons (Fsp3) is 0. The smallest absolute Gasteiger partial charge is 0.150 e. The van der Waals surface area contributed by atoms with E-state index in [1.54, 1.807) is 12.1 Å². The molecule has 106 valence electrons. The average Bonchev–Trinajstić information content (AvgIpc) is 2.45. The van der Waals surface area contributed by atoms with Crippen molar-refractivity contribution in [1.29, 1.82) is 0 Å². The second-order valence-corrected chi connectivity index (χ2v) is 4.47. The molecule has 1 aromatic heterocycles. The van der Waals surface area contributed by atoms with E-state index in [0.29, 0.717) is 11.5 Å². The standard InChI is InChI=1S/C15H10F3N3/c16-8-3-4-13(10(17)6-8)21-15-11(18)7-12(19)9-2-1-5-20-14(9)15/h1-7,21H,19H2. The Morgan fingerprint density at radius 2 is 1.81 bits per heavy atom. The fourth-order valence-electron chi connectivity index (χ4n) is 2.08. The van der Waals surface area contributed by atoms with Crippen molar-refractivity contribution in [1.82, 2.24) is 4.98 Å². The minimum atomic E-state index is -0.824. The highest BCUT2D eigenvalue weighted by Gasteiger charge is 2.14. The summed E-state index contributed by atoms with van der Waals surface area (Å²) in [6, 6.07) is 7.47. The lowest BCUT2D eigenvalue weighted by Gasteiger charge is -2.12. The zero-order valence-corrected chi connectivity index (χ0v) is 10.7. The van der Waals surface area contributed by atoms with Crippen molar-refractivity contribution in [3.63, 3.8) is 0 Å². The van der Waals surface area contributed by atoms with E-state index in [9.17, 15) is 13.2 Å². The molecular weight excluding hydrogens is 279 g/mol. The van der Waals surface area contributed by atoms with Crippen LogP contribution in [0.5, 0.6) is 0 Å². The number of fused-ring (bicyclic) bond motifs is 1. The molecule has 0 spiro atoms. The third kappa shape index (κ3) is 2.35. The van der Waals surface area contributed by atoms with Crippen LogP contribution in [0, 0.1) is 17.5 Å². The molecule has 1 heterocycles. The third-order valence-electron chi connectivity index (χ3n) is 3.07. The van der Waals surface area contributed by atoms with Gasteiger partial charge in [-0.15, -0.1) is 0 Å². The van der Waals surface area contributed by atoms with Gasteiger partial charge in [-0.2, -0.15) is 0 Å². The summed E-state index contributed by atoms with van der Waals surface area (Å²) in [5.74, 6) is -2.20. The molecule has 6 heteroatoms. The van der Waals surface area contributed by atoms with Crippen molar-refractivity contribution >= 4 is 28.0 Å². The van der Waals surface area contributed by atoms with Crippen molar-refractivity contribution < 1.29 is 13.2 Å². The van der Waals surface area contributed by atoms with Crippen molar-refractivity contribution in [3.8, 4) is 0 Å². The highest BCUT2D eigenvalue weighted by atomic mass is 19.1. The highest BCUT2D eigenvalue weighted by Crippen LogP contribution is 2.32. The van der Waals surface area contributed by atoms with E-state index in [1.165, 1.54) is 12.3 Å². The summed E-state index contributed by atoms with van der Waals surface area (Å²) >= 11 is 0. The van der Waals surface area contributed by atoms with E-state index in [2.05, 4.69) is 10.3 Å². The van der Waals surface area contributed by atoms with Gasteiger partial charge < -0.3 is 11.1 Å². The first-order valence-corrected chi connectivity index (χ1v) is 6.11. The van der Waals surface area contributed by atoms with Crippen LogP contribution in [0.4, 0.5) is 30.2 Å². The van der Waals surface area contributed by atoms with Gasteiger partial charge in [-0.25, -0.2) is 13.2 Å². The van der Waals surface area contributed by atoms with Crippen LogP contribution in [0.15, 0.2) is 42.6 Å². The lowest BCUT2D eigenvalue weighted by molar-refractivity contribution is 0.585. The Morgan fingerprint density at radius 1 is 1.00 bits per heavy atom. The van der Waals surface area contributed by atoms with Crippen molar-refractivity contribution in [2.75, 3.05) is 11.1 Å². The number of aromatic nitrogens is 1. The van der Waals surface area contributed by atoms with Crippen LogP contribution in [0.1, 0.15) is 0 Å². The molecule has 3 N–H and O–H groups in total. The Labute approximate surface area is 118 Å². The quantitative estimate of drug-likeness (QED) is 0.702. The van der Waals surface area contributed by atoms with Gasteiger partial charge in [0.1, 0.15) is 17.3 Å². The fourth-order valence-corrected chi connectivity index (χ4v) is 2.08. The molecule has 0 amide bonds. The Hall–Kier alpha value is -2.76. The molecule has 0 unspecified atom stereocenters. The van der Waals surface area contributed by atoms with E-state index in [0.717, 1.165) is 12.1 Å². The maximum absolute atomic E-state index is 14.1. The molecule has 21 heavy (non-hydrogen) atoms. The molecule has 0 bridgehead atoms. The highest BCUT2D eigenvalue weighted by molar-refractivity contribution is 5.99. The van der Waals surface area contributed by atoms with Gasteiger partial charge in [-0.3, -0.25) is 4.98 Å². The van der Waals surface area contributed by atoms with E-state index in [4.69, 9.17) is 5.73 Å². The minimum absolute atomic E-state index is 0.00897. The number of nitrogens with one attached hydrogen (secondary N) is 1. The van der Waals surface area contributed by atoms with Gasteiger partial charge in [0.15, 0.2) is 5.82 Å². The van der Waals surface area contributed by atoms with E-state index >= 15 is 0 Å². The van der Waals surface area contributed by atoms with Gasteiger partial charge >= 0.3 is 0 Å². The number of hydrogen-bond acceptors (Lipinski definition) is 3. The molecule has 0 aliphatic heterocycles. The number of nitrogens with two attached hydrogens (primary N) is 1. The average molecular weight is 289 g/mol. The summed E-state index contributed by atoms with van der Waals surface area (Å²) in [5.41, 5.74) is 6.19. The van der Waals surface area contributed by atoms with Crippen LogP contribution < -0.4 is 11.1 Å². The lowest BCUT2D eigenvalue weighted by atomic mass is 10.1. The lowest BCUT2D eigenvalue weighted by Crippen LogP contribution is -2.01. The Morgan fingerprint density at radius 3 is 2.57 bits per heavy atom. The van der Waals surface area contributed by atoms with Crippen LogP contribution in [0.25, 0.3) is 10.9 Å². The first-order valence-electron chi connectivity index (χ1n) is 6.11. The molecule has 3 aromatic rings. The Kier molecular flexibility index (Phi) is 3.13. The molecule has 0 aliphatic rings. The topological polar surface area (TPSA) is 50.9 Å². The predicted octanol–water partition coefficient (Wildman–Crippen LogP) is 3.98. The molecule has 0 radical (unpaired) electrons. The second-order valence-electron chi connectivity index (χ2n) is 4.47. The first-order chi connectivity index (χ1) is 10.1. The number of anilines is 3. The SMILES string of the molecule is Nc1cc(F)c(Nc2ccc(F)cc2F)c2ncccc12. The Bertz CT molecular complexity index is 834. The van der Waals surface area contributed by atoms with Gasteiger partial charge in [0.05, 0.1) is 11.2 Å². The third-order valence-corrected chi connectivity index (χ3v) is 3.07. The molecule has 0 atom stereocenters. The van der Waals surface area contributed by atoms with Gasteiger partial charge in [0, 0.05) is 23.3 Å². The summed E-state index contributed by atoms with van der Waals surface area (Å²) in [6.45, 7) is 0. The van der Waals surface area contributed by atoms with Gasteiger partial charge in [0.2, 0.25) is 0 Å². The van der Waals surface area contributed by atoms with Crippen LogP contribution in [0.2, 0.25) is 0 Å². The summed E-state index contributed by atoms with van der Waals surface area (Å²) in [7, 11) is 0. The molecule has 0 saturated heterocycles. The van der Waals surface area contributed by atoms with Crippen LogP contribution >= 0.6 is 0 Å². The van der Waals surface area contributed by atoms with Crippen molar-refractivity contribution in [2.45, 2.75) is 0 Å². The summed E-state index contributed by atoms with van der Waals surface area (Å²) in [5, 5.41) is 3.15. The maximum atomic E-state index is 14.1. The van der Waals surface area contributed by atoms with E-state index in [-0.39, 0.29) is 22.6 Å². The van der Waals surface area contributed by atoms with Gasteiger partial charge in [0.25, 0.3) is 0 Å². The predicted molar refractivity (Wildman–Crippen MR) is 75.8 cm³/mol. The van der Waals surface area contributed by atoms with Crippen LogP contribution in [0.3, 0.4) is 0 Å². The zero-order chi connectivity index (χ0) is 15.0. The molecule has 3 nitrogen and oxygen atoms in total. The molecule has 2 aromatic carbocycles. The van der Waals surface area contributed by atoms with Crippen LogP contribution in [-0.4, -0.2) is 4.98 Å². The van der Waals surface area contributed by atoms with E-state index < -0.39 is 17.5 Å². The largest absolute Gasteiger partial charge is 0.398 e. The maximum Gasteiger partial charge on any atom is 0.150 e. The summed E-state index contributed by atoms with van der Waals surface area (Å²) < 4.78 is 40.7.